The summed E-state index contributed by atoms with van der Waals surface area (Å²) in [6.07, 6.45) is 1.46. The average molecular weight is 456 g/mol. The summed E-state index contributed by atoms with van der Waals surface area (Å²) in [4.78, 5) is -0.0136. The molecule has 2 heterocycles. The van der Waals surface area contributed by atoms with E-state index >= 15 is 0 Å². The average Bonchev–Trinajstić information content (AvgIpc) is 3.41. The van der Waals surface area contributed by atoms with Gasteiger partial charge in [-0.1, -0.05) is 18.2 Å². The summed E-state index contributed by atoms with van der Waals surface area (Å²) in [5.74, 6) is 0.915. The van der Waals surface area contributed by atoms with Gasteiger partial charge in [0.15, 0.2) is 0 Å². The van der Waals surface area contributed by atoms with E-state index in [9.17, 15) is 18.9 Å². The van der Waals surface area contributed by atoms with Crippen LogP contribution in [0.1, 0.15) is 17.0 Å². The van der Waals surface area contributed by atoms with E-state index in [0.29, 0.717) is 22.8 Å². The van der Waals surface area contributed by atoms with Crippen molar-refractivity contribution in [3.05, 3.63) is 83.7 Å². The number of hydrogen-bond donors (Lipinski definition) is 2. The normalized spacial score (nSPS) is 11.7. The molecule has 0 aliphatic rings. The van der Waals surface area contributed by atoms with Crippen molar-refractivity contribution in [1.29, 1.82) is 10.5 Å². The van der Waals surface area contributed by atoms with Crippen molar-refractivity contribution >= 4 is 27.5 Å². The minimum Gasteiger partial charge on any atom is -0.457 e. The Kier molecular flexibility index (Phi) is 5.54. The van der Waals surface area contributed by atoms with Crippen molar-refractivity contribution < 1.29 is 12.8 Å². The van der Waals surface area contributed by atoms with Crippen molar-refractivity contribution in [3.8, 4) is 29.1 Å². The molecule has 0 bridgehead atoms. The highest BCUT2D eigenvalue weighted by molar-refractivity contribution is 7.89. The number of nitrogens with two attached hydrogens (primary N) is 2. The monoisotopic (exact) mass is 456 g/mol. The van der Waals surface area contributed by atoms with E-state index in [2.05, 4.69) is 5.10 Å². The maximum atomic E-state index is 11.4. The molecule has 0 unspecified atom stereocenters. The molecule has 0 saturated carbocycles. The van der Waals surface area contributed by atoms with Crippen molar-refractivity contribution in [1.82, 2.24) is 9.78 Å². The summed E-state index contributed by atoms with van der Waals surface area (Å²) in [6.45, 7) is 0. The molecule has 4 N–H and O–H groups in total. The van der Waals surface area contributed by atoms with E-state index in [1.54, 1.807) is 36.4 Å². The highest BCUT2D eigenvalue weighted by Gasteiger charge is 2.20. The van der Waals surface area contributed by atoms with E-state index in [-0.39, 0.29) is 27.5 Å². The van der Waals surface area contributed by atoms with Gasteiger partial charge in [0.05, 0.1) is 16.2 Å². The zero-order chi connectivity index (χ0) is 23.6. The lowest BCUT2D eigenvalue weighted by molar-refractivity contribution is 0.571. The Morgan fingerprint density at radius 1 is 1.03 bits per heavy atom. The maximum absolute atomic E-state index is 11.4. The van der Waals surface area contributed by atoms with Crippen LogP contribution in [0.4, 0.5) is 5.82 Å². The first-order chi connectivity index (χ1) is 15.8. The molecular formula is C23H16N6O3S. The first-order valence-corrected chi connectivity index (χ1v) is 11.1. The Balaban J connectivity index is 1.71. The SMILES string of the molecule is N#CC(=Cc1ccc(-c2ccc(S(N)(=O)=O)cc2)o1)c1nn(-c2ccccc2)c(N)c1C#N. The van der Waals surface area contributed by atoms with Crippen LogP contribution in [0.15, 0.2) is 76.0 Å². The highest BCUT2D eigenvalue weighted by Crippen LogP contribution is 2.29. The molecule has 0 fully saturated rings. The molecule has 0 saturated heterocycles. The molecule has 2 aromatic carbocycles. The van der Waals surface area contributed by atoms with E-state index in [4.69, 9.17) is 15.3 Å². The predicted molar refractivity (Wildman–Crippen MR) is 122 cm³/mol. The molecule has 0 spiro atoms. The molecule has 0 amide bonds. The molecule has 10 heteroatoms. The third-order valence-electron chi connectivity index (χ3n) is 4.79. The number of nitriles is 2. The summed E-state index contributed by atoms with van der Waals surface area (Å²) in [7, 11) is -3.80. The molecule has 2 aromatic heterocycles. The van der Waals surface area contributed by atoms with Crippen molar-refractivity contribution in [2.24, 2.45) is 5.14 Å². The predicted octanol–water partition coefficient (Wildman–Crippen LogP) is 3.30. The quantitative estimate of drug-likeness (QED) is 0.435. The third-order valence-corrected chi connectivity index (χ3v) is 5.72. The third kappa shape index (κ3) is 4.25. The van der Waals surface area contributed by atoms with Gasteiger partial charge in [-0.2, -0.15) is 15.6 Å². The summed E-state index contributed by atoms with van der Waals surface area (Å²) >= 11 is 0. The lowest BCUT2D eigenvalue weighted by Crippen LogP contribution is -2.11. The van der Waals surface area contributed by atoms with Gasteiger partial charge in [-0.25, -0.2) is 18.2 Å². The minimum absolute atomic E-state index is 0.0136. The summed E-state index contributed by atoms with van der Waals surface area (Å²) in [6, 6.07) is 22.3. The van der Waals surface area contributed by atoms with Gasteiger partial charge in [0, 0.05) is 11.6 Å². The van der Waals surface area contributed by atoms with Gasteiger partial charge in [-0.15, -0.1) is 0 Å². The van der Waals surface area contributed by atoms with Crippen LogP contribution >= 0.6 is 0 Å². The van der Waals surface area contributed by atoms with Crippen LogP contribution in [-0.4, -0.2) is 18.2 Å². The molecule has 9 nitrogen and oxygen atoms in total. The molecule has 33 heavy (non-hydrogen) atoms. The standard InChI is InChI=1S/C23H16N6O3S/c24-13-16(22-20(14-25)23(26)29(28-22)17-4-2-1-3-5-17)12-18-8-11-21(32-18)15-6-9-19(10-7-15)33(27,30)31/h1-12H,26H2,(H2,27,30,31). The van der Waals surface area contributed by atoms with E-state index < -0.39 is 10.0 Å². The van der Waals surface area contributed by atoms with E-state index in [1.807, 2.05) is 30.3 Å². The fourth-order valence-corrected chi connectivity index (χ4v) is 3.70. The first-order valence-electron chi connectivity index (χ1n) is 9.51. The van der Waals surface area contributed by atoms with Crippen molar-refractivity contribution in [2.45, 2.75) is 4.90 Å². The number of furan rings is 1. The lowest BCUT2D eigenvalue weighted by Gasteiger charge is -2.02. The van der Waals surface area contributed by atoms with Gasteiger partial charge >= 0.3 is 0 Å². The van der Waals surface area contributed by atoms with Gasteiger partial charge in [0.2, 0.25) is 10.0 Å². The number of benzene rings is 2. The largest absolute Gasteiger partial charge is 0.457 e. The van der Waals surface area contributed by atoms with Gasteiger partial charge < -0.3 is 10.2 Å². The van der Waals surface area contributed by atoms with Gasteiger partial charge in [0.25, 0.3) is 0 Å². The molecule has 0 aliphatic carbocycles. The summed E-state index contributed by atoms with van der Waals surface area (Å²) in [5.41, 5.74) is 7.71. The molecule has 0 atom stereocenters. The zero-order valence-electron chi connectivity index (χ0n) is 17.0. The number of para-hydroxylation sites is 1. The summed E-state index contributed by atoms with van der Waals surface area (Å²) in [5, 5.41) is 28.8. The molecule has 4 rings (SSSR count). The number of sulfonamides is 1. The van der Waals surface area contributed by atoms with Gasteiger partial charge in [0.1, 0.15) is 40.7 Å². The second-order valence-corrected chi connectivity index (χ2v) is 8.47. The Labute approximate surface area is 189 Å². The Morgan fingerprint density at radius 2 is 1.73 bits per heavy atom. The van der Waals surface area contributed by atoms with Crippen LogP contribution in [0.3, 0.4) is 0 Å². The maximum Gasteiger partial charge on any atom is 0.238 e. The molecule has 0 aliphatic heterocycles. The van der Waals surface area contributed by atoms with Crippen LogP contribution < -0.4 is 10.9 Å². The summed E-state index contributed by atoms with van der Waals surface area (Å²) < 4.78 is 30.0. The first kappa shape index (κ1) is 21.6. The van der Waals surface area contributed by atoms with Crippen LogP contribution in [0.25, 0.3) is 28.7 Å². The number of allylic oxidation sites excluding steroid dienone is 1. The van der Waals surface area contributed by atoms with Crippen LogP contribution in [0.5, 0.6) is 0 Å². The lowest BCUT2D eigenvalue weighted by atomic mass is 10.1. The number of hydrogen-bond acceptors (Lipinski definition) is 7. The number of primary sulfonamides is 1. The Bertz CT molecular complexity index is 1550. The smallest absolute Gasteiger partial charge is 0.238 e. The minimum atomic E-state index is -3.80. The number of aromatic nitrogens is 2. The number of nitrogen functional groups attached to an aromatic ring is 1. The number of rotatable bonds is 5. The zero-order valence-corrected chi connectivity index (χ0v) is 17.8. The molecule has 0 radical (unpaired) electrons. The van der Waals surface area contributed by atoms with Crippen molar-refractivity contribution in [2.75, 3.05) is 5.73 Å². The second kappa shape index (κ2) is 8.48. The molecular weight excluding hydrogens is 440 g/mol. The topological polar surface area (TPSA) is 165 Å². The van der Waals surface area contributed by atoms with Crippen LogP contribution in [-0.2, 0) is 10.0 Å². The fourth-order valence-electron chi connectivity index (χ4n) is 3.19. The molecule has 4 aromatic rings. The van der Waals surface area contributed by atoms with E-state index in [0.717, 1.165) is 0 Å². The van der Waals surface area contributed by atoms with Crippen LogP contribution in [0, 0.1) is 22.7 Å². The fraction of sp³-hybridized carbons (Fsp3) is 0. The van der Waals surface area contributed by atoms with Crippen molar-refractivity contribution in [3.63, 3.8) is 0 Å². The Morgan fingerprint density at radius 3 is 2.33 bits per heavy atom. The second-order valence-electron chi connectivity index (χ2n) is 6.91. The van der Waals surface area contributed by atoms with Crippen LogP contribution in [0.2, 0.25) is 0 Å². The van der Waals surface area contributed by atoms with E-state index in [1.165, 1.54) is 22.9 Å². The number of nitrogens with zero attached hydrogens (tertiary/aromatic N) is 4. The molecule has 162 valence electrons. The van der Waals surface area contributed by atoms with Gasteiger partial charge in [-0.05, 0) is 48.5 Å². The highest BCUT2D eigenvalue weighted by atomic mass is 32.2. The van der Waals surface area contributed by atoms with Gasteiger partial charge in [-0.3, -0.25) is 0 Å². The number of anilines is 1. The Hall–Kier alpha value is -4.64.